The highest BCUT2D eigenvalue weighted by atomic mass is 19.4. The van der Waals surface area contributed by atoms with Gasteiger partial charge in [0.1, 0.15) is 12.2 Å². The summed E-state index contributed by atoms with van der Waals surface area (Å²) in [5.41, 5.74) is -2.47. The predicted octanol–water partition coefficient (Wildman–Crippen LogP) is 1.84. The lowest BCUT2D eigenvalue weighted by Crippen LogP contribution is -2.40. The first kappa shape index (κ1) is 21.7. The summed E-state index contributed by atoms with van der Waals surface area (Å²) in [6.45, 7) is 0.471. The van der Waals surface area contributed by atoms with E-state index in [1.165, 1.54) is 0 Å². The van der Waals surface area contributed by atoms with Crippen molar-refractivity contribution >= 4 is 29.3 Å². The van der Waals surface area contributed by atoms with Crippen LogP contribution in [0.3, 0.4) is 0 Å². The van der Waals surface area contributed by atoms with Crippen molar-refractivity contribution in [3.05, 3.63) is 33.9 Å². The SMILES string of the molecule is COC(=O)NC(=O)[C@@H](C)OC(=O)CNc1ccc(C(F)(F)F)cc1[N+](=O)[O-]. The van der Waals surface area contributed by atoms with Crippen LogP contribution < -0.4 is 10.6 Å². The highest BCUT2D eigenvalue weighted by Crippen LogP contribution is 2.34. The first-order valence-electron chi connectivity index (χ1n) is 7.13. The zero-order valence-electron chi connectivity index (χ0n) is 14.0. The maximum atomic E-state index is 12.6. The van der Waals surface area contributed by atoms with Crippen LogP contribution in [0.5, 0.6) is 0 Å². The first-order valence-corrected chi connectivity index (χ1v) is 7.13. The number of hydrogen-bond acceptors (Lipinski definition) is 8. The van der Waals surface area contributed by atoms with Crippen LogP contribution >= 0.6 is 0 Å². The number of nitro groups is 1. The molecule has 13 heteroatoms. The summed E-state index contributed by atoms with van der Waals surface area (Å²) < 4.78 is 46.7. The maximum Gasteiger partial charge on any atom is 0.416 e. The molecule has 2 amide bonds. The van der Waals surface area contributed by atoms with Crippen molar-refractivity contribution < 1.29 is 42.0 Å². The van der Waals surface area contributed by atoms with E-state index in [1.807, 2.05) is 0 Å². The van der Waals surface area contributed by atoms with Gasteiger partial charge in [-0.25, -0.2) is 4.79 Å². The fraction of sp³-hybridized carbons (Fsp3) is 0.357. The van der Waals surface area contributed by atoms with E-state index in [0.29, 0.717) is 12.1 Å². The van der Waals surface area contributed by atoms with Gasteiger partial charge >= 0.3 is 18.2 Å². The van der Waals surface area contributed by atoms with Crippen molar-refractivity contribution in [2.75, 3.05) is 19.0 Å². The van der Waals surface area contributed by atoms with Gasteiger partial charge in [-0.3, -0.25) is 25.0 Å². The van der Waals surface area contributed by atoms with Gasteiger partial charge in [0, 0.05) is 6.07 Å². The molecule has 1 atom stereocenters. The largest absolute Gasteiger partial charge is 0.453 e. The lowest BCUT2D eigenvalue weighted by Gasteiger charge is -2.13. The number of nitrogens with one attached hydrogen (secondary N) is 2. The Morgan fingerprint density at radius 3 is 2.44 bits per heavy atom. The van der Waals surface area contributed by atoms with Crippen LogP contribution in [0.2, 0.25) is 0 Å². The Morgan fingerprint density at radius 1 is 1.30 bits per heavy atom. The number of amides is 2. The number of alkyl carbamates (subject to hydrolysis) is 1. The molecule has 0 fully saturated rings. The Hall–Kier alpha value is -3.38. The highest BCUT2D eigenvalue weighted by molar-refractivity contribution is 5.95. The number of benzene rings is 1. The standard InChI is InChI=1S/C14H14F3N3O7/c1-7(12(22)19-13(23)26-2)27-11(21)6-18-9-4-3-8(14(15,16)17)5-10(9)20(24)25/h3-5,7,18H,6H2,1-2H3,(H,19,22,23)/t7-/m1/s1. The van der Waals surface area contributed by atoms with Crippen LogP contribution in [-0.4, -0.2) is 42.7 Å². The predicted molar refractivity (Wildman–Crippen MR) is 82.7 cm³/mol. The molecule has 1 aromatic carbocycles. The Bertz CT molecular complexity index is 752. The third-order valence-corrected chi connectivity index (χ3v) is 3.03. The minimum absolute atomic E-state index is 0.320. The monoisotopic (exact) mass is 393 g/mol. The molecule has 0 saturated carbocycles. The van der Waals surface area contributed by atoms with Crippen LogP contribution in [0.15, 0.2) is 18.2 Å². The van der Waals surface area contributed by atoms with Gasteiger partial charge in [0.15, 0.2) is 6.10 Å². The third kappa shape index (κ3) is 6.45. The Labute approximate surface area is 149 Å². The number of halogens is 3. The molecule has 10 nitrogen and oxygen atoms in total. The van der Waals surface area contributed by atoms with Crippen molar-refractivity contribution in [2.45, 2.75) is 19.2 Å². The molecule has 27 heavy (non-hydrogen) atoms. The minimum Gasteiger partial charge on any atom is -0.453 e. The van der Waals surface area contributed by atoms with Crippen molar-refractivity contribution in [2.24, 2.45) is 0 Å². The van der Waals surface area contributed by atoms with E-state index in [-0.39, 0.29) is 5.69 Å². The molecule has 1 aromatic rings. The van der Waals surface area contributed by atoms with Crippen molar-refractivity contribution in [3.63, 3.8) is 0 Å². The fourth-order valence-corrected chi connectivity index (χ4v) is 1.72. The molecular weight excluding hydrogens is 379 g/mol. The Morgan fingerprint density at radius 2 is 1.93 bits per heavy atom. The number of carbonyl (C=O) groups excluding carboxylic acids is 3. The molecule has 1 rings (SSSR count). The summed E-state index contributed by atoms with van der Waals surface area (Å²) >= 11 is 0. The highest BCUT2D eigenvalue weighted by Gasteiger charge is 2.33. The van der Waals surface area contributed by atoms with Gasteiger partial charge < -0.3 is 14.8 Å². The lowest BCUT2D eigenvalue weighted by atomic mass is 10.1. The summed E-state index contributed by atoms with van der Waals surface area (Å²) in [4.78, 5) is 43.9. The summed E-state index contributed by atoms with van der Waals surface area (Å²) in [7, 11) is 1.01. The zero-order valence-corrected chi connectivity index (χ0v) is 14.0. The van der Waals surface area contributed by atoms with Crippen molar-refractivity contribution in [3.8, 4) is 0 Å². The van der Waals surface area contributed by atoms with Gasteiger partial charge in [0.2, 0.25) is 0 Å². The van der Waals surface area contributed by atoms with Gasteiger partial charge in [-0.1, -0.05) is 0 Å². The van der Waals surface area contributed by atoms with Crippen LogP contribution in [-0.2, 0) is 25.2 Å². The normalized spacial score (nSPS) is 11.9. The minimum atomic E-state index is -4.77. The second-order valence-corrected chi connectivity index (χ2v) is 4.95. The number of nitrogens with zero attached hydrogens (tertiary/aromatic N) is 1. The summed E-state index contributed by atoms with van der Waals surface area (Å²) in [6, 6.07) is 1.72. The summed E-state index contributed by atoms with van der Waals surface area (Å²) in [5.74, 6) is -2.02. The molecular formula is C14H14F3N3O7. The maximum absolute atomic E-state index is 12.6. The molecule has 0 saturated heterocycles. The summed E-state index contributed by atoms with van der Waals surface area (Å²) in [6.07, 6.45) is -7.23. The molecule has 0 aliphatic carbocycles. The van der Waals surface area contributed by atoms with Crippen LogP contribution in [0.25, 0.3) is 0 Å². The number of imide groups is 1. The molecule has 0 unspecified atom stereocenters. The second kappa shape index (κ2) is 8.82. The molecule has 148 valence electrons. The van der Waals surface area contributed by atoms with Gasteiger partial charge in [0.05, 0.1) is 17.6 Å². The van der Waals surface area contributed by atoms with Crippen LogP contribution in [0.4, 0.5) is 29.3 Å². The quantitative estimate of drug-likeness (QED) is 0.424. The first-order chi connectivity index (χ1) is 12.5. The molecule has 2 N–H and O–H groups in total. The van der Waals surface area contributed by atoms with Crippen molar-refractivity contribution in [1.29, 1.82) is 0 Å². The van der Waals surface area contributed by atoms with E-state index in [2.05, 4.69) is 14.8 Å². The number of ether oxygens (including phenoxy) is 2. The van der Waals surface area contributed by atoms with E-state index in [4.69, 9.17) is 0 Å². The molecule has 0 aliphatic heterocycles. The topological polar surface area (TPSA) is 137 Å². The van der Waals surface area contributed by atoms with Gasteiger partial charge in [-0.05, 0) is 19.1 Å². The zero-order chi connectivity index (χ0) is 20.8. The average Bonchev–Trinajstić information content (AvgIpc) is 2.58. The number of rotatable bonds is 6. The second-order valence-electron chi connectivity index (χ2n) is 4.95. The van der Waals surface area contributed by atoms with E-state index in [1.54, 1.807) is 5.32 Å². The number of nitro benzene ring substituents is 1. The molecule has 0 heterocycles. The fourth-order valence-electron chi connectivity index (χ4n) is 1.72. The van der Waals surface area contributed by atoms with E-state index < -0.39 is 53.0 Å². The number of methoxy groups -OCH3 is 1. The summed E-state index contributed by atoms with van der Waals surface area (Å²) in [5, 5.41) is 15.0. The lowest BCUT2D eigenvalue weighted by molar-refractivity contribution is -0.384. The van der Waals surface area contributed by atoms with E-state index in [0.717, 1.165) is 20.1 Å². The number of anilines is 1. The van der Waals surface area contributed by atoms with Crippen LogP contribution in [0.1, 0.15) is 12.5 Å². The van der Waals surface area contributed by atoms with Crippen LogP contribution in [0, 0.1) is 10.1 Å². The molecule has 0 spiro atoms. The third-order valence-electron chi connectivity index (χ3n) is 3.03. The molecule has 0 bridgehead atoms. The number of alkyl halides is 3. The number of esters is 1. The van der Waals surface area contributed by atoms with Crippen molar-refractivity contribution in [1.82, 2.24) is 5.32 Å². The van der Waals surface area contributed by atoms with Gasteiger partial charge in [0.25, 0.3) is 11.6 Å². The smallest absolute Gasteiger partial charge is 0.416 e. The Kier molecular flexibility index (Phi) is 7.08. The van der Waals surface area contributed by atoms with E-state index in [9.17, 15) is 37.7 Å². The molecule has 0 aromatic heterocycles. The Balaban J connectivity index is 2.74. The molecule has 0 radical (unpaired) electrons. The number of carbonyl (C=O) groups is 3. The molecule has 0 aliphatic rings. The van der Waals surface area contributed by atoms with E-state index >= 15 is 0 Å². The van der Waals surface area contributed by atoms with Gasteiger partial charge in [-0.15, -0.1) is 0 Å². The average molecular weight is 393 g/mol. The number of hydrogen-bond donors (Lipinski definition) is 2. The van der Waals surface area contributed by atoms with Gasteiger partial charge in [-0.2, -0.15) is 13.2 Å².